The Morgan fingerprint density at radius 1 is 1.35 bits per heavy atom. The summed E-state index contributed by atoms with van der Waals surface area (Å²) in [5.74, 6) is 0.814. The Bertz CT molecular complexity index is 939. The standard InChI is InChI=1S/C21H32N6O4/c1-21(2)16(29)13(10-30-14(28)9-12-7-5-4-6-8-12)31-19(21)27-11-24-15-17(23-3)25-20(22)26-18(15)27/h11-13,16,19,29H,4-10H2,1-3H3,(H3,22,23,25,26)/t13-,16-,19-/m1/s1. The first kappa shape index (κ1) is 21.8. The second-order valence-corrected chi connectivity index (χ2v) is 9.19. The number of carbonyl (C=O) groups excluding carboxylic acids is 1. The van der Waals surface area contributed by atoms with Gasteiger partial charge in [-0.15, -0.1) is 0 Å². The van der Waals surface area contributed by atoms with Crippen molar-refractivity contribution in [1.82, 2.24) is 19.5 Å². The van der Waals surface area contributed by atoms with Crippen molar-refractivity contribution < 1.29 is 19.4 Å². The number of rotatable bonds is 6. The summed E-state index contributed by atoms with van der Waals surface area (Å²) in [6.45, 7) is 3.82. The summed E-state index contributed by atoms with van der Waals surface area (Å²) < 4.78 is 13.4. The maximum absolute atomic E-state index is 12.3. The third-order valence-corrected chi connectivity index (χ3v) is 6.57. The van der Waals surface area contributed by atoms with E-state index in [0.29, 0.717) is 29.3 Å². The molecule has 4 N–H and O–H groups in total. The highest BCUT2D eigenvalue weighted by atomic mass is 16.6. The molecular weight excluding hydrogens is 400 g/mol. The van der Waals surface area contributed by atoms with Gasteiger partial charge < -0.3 is 25.6 Å². The van der Waals surface area contributed by atoms with Gasteiger partial charge in [-0.2, -0.15) is 9.97 Å². The van der Waals surface area contributed by atoms with Crippen molar-refractivity contribution in [3.05, 3.63) is 6.33 Å². The van der Waals surface area contributed by atoms with E-state index in [1.807, 2.05) is 13.8 Å². The maximum atomic E-state index is 12.3. The second kappa shape index (κ2) is 8.58. The van der Waals surface area contributed by atoms with Gasteiger partial charge >= 0.3 is 5.97 Å². The minimum Gasteiger partial charge on any atom is -0.463 e. The van der Waals surface area contributed by atoms with E-state index < -0.39 is 23.9 Å². The van der Waals surface area contributed by atoms with E-state index in [-0.39, 0.29) is 18.5 Å². The zero-order chi connectivity index (χ0) is 22.2. The van der Waals surface area contributed by atoms with Crippen LogP contribution in [0, 0.1) is 11.3 Å². The van der Waals surface area contributed by atoms with Crippen LogP contribution >= 0.6 is 0 Å². The number of nitrogens with zero attached hydrogens (tertiary/aromatic N) is 4. The number of carbonyl (C=O) groups is 1. The molecule has 0 unspecified atom stereocenters. The molecule has 1 aliphatic carbocycles. The number of anilines is 2. The molecule has 170 valence electrons. The summed E-state index contributed by atoms with van der Waals surface area (Å²) in [6, 6.07) is 0. The Kier molecular flexibility index (Phi) is 6.02. The molecule has 2 fully saturated rings. The first-order valence-electron chi connectivity index (χ1n) is 11.0. The van der Waals surface area contributed by atoms with Crippen LogP contribution in [0.2, 0.25) is 0 Å². The smallest absolute Gasteiger partial charge is 0.306 e. The van der Waals surface area contributed by atoms with Crippen LogP contribution in [0.4, 0.5) is 11.8 Å². The Morgan fingerprint density at radius 3 is 2.81 bits per heavy atom. The van der Waals surface area contributed by atoms with E-state index in [4.69, 9.17) is 15.2 Å². The molecule has 3 atom stereocenters. The molecule has 3 heterocycles. The zero-order valence-electron chi connectivity index (χ0n) is 18.4. The summed E-state index contributed by atoms with van der Waals surface area (Å²) in [5, 5.41) is 13.9. The van der Waals surface area contributed by atoms with Gasteiger partial charge in [-0.05, 0) is 18.8 Å². The number of ether oxygens (including phenoxy) is 2. The largest absolute Gasteiger partial charge is 0.463 e. The number of esters is 1. The zero-order valence-corrected chi connectivity index (χ0v) is 18.4. The molecule has 10 nitrogen and oxygen atoms in total. The van der Waals surface area contributed by atoms with Gasteiger partial charge in [0.05, 0.1) is 12.4 Å². The monoisotopic (exact) mass is 432 g/mol. The lowest BCUT2D eigenvalue weighted by molar-refractivity contribution is -0.151. The fraction of sp³-hybridized carbons (Fsp3) is 0.714. The number of aliphatic hydroxyl groups excluding tert-OH is 1. The number of fused-ring (bicyclic) bond motifs is 1. The van der Waals surface area contributed by atoms with Crippen LogP contribution in [0.15, 0.2) is 6.33 Å². The lowest BCUT2D eigenvalue weighted by Crippen LogP contribution is -2.36. The number of nitrogens with two attached hydrogens (primary N) is 1. The maximum Gasteiger partial charge on any atom is 0.306 e. The molecule has 0 amide bonds. The van der Waals surface area contributed by atoms with Gasteiger partial charge in [0.15, 0.2) is 17.0 Å². The van der Waals surface area contributed by atoms with Crippen molar-refractivity contribution in [2.75, 3.05) is 24.7 Å². The number of nitrogens with one attached hydrogen (secondary N) is 1. The second-order valence-electron chi connectivity index (χ2n) is 9.19. The molecule has 2 aromatic rings. The average Bonchev–Trinajstić information content (AvgIpc) is 3.25. The summed E-state index contributed by atoms with van der Waals surface area (Å²) in [7, 11) is 1.73. The van der Waals surface area contributed by atoms with Gasteiger partial charge in [0.1, 0.15) is 18.9 Å². The van der Waals surface area contributed by atoms with Gasteiger partial charge in [0.2, 0.25) is 5.95 Å². The third-order valence-electron chi connectivity index (χ3n) is 6.57. The fourth-order valence-corrected chi connectivity index (χ4v) is 4.74. The van der Waals surface area contributed by atoms with Gasteiger partial charge in [0.25, 0.3) is 0 Å². The van der Waals surface area contributed by atoms with Crippen LogP contribution < -0.4 is 11.1 Å². The molecule has 10 heteroatoms. The Hall–Kier alpha value is -2.46. The van der Waals surface area contributed by atoms with Crippen molar-refractivity contribution in [1.29, 1.82) is 0 Å². The predicted molar refractivity (Wildman–Crippen MR) is 115 cm³/mol. The normalized spacial score (nSPS) is 26.3. The van der Waals surface area contributed by atoms with Crippen molar-refractivity contribution in [2.45, 2.75) is 70.8 Å². The lowest BCUT2D eigenvalue weighted by atomic mass is 9.84. The number of aliphatic hydroxyl groups is 1. The quantitative estimate of drug-likeness (QED) is 0.587. The van der Waals surface area contributed by atoms with Crippen LogP contribution in [-0.4, -0.2) is 56.5 Å². The first-order chi connectivity index (χ1) is 14.8. The molecule has 2 aliphatic rings. The van der Waals surface area contributed by atoms with E-state index in [2.05, 4.69) is 20.3 Å². The minimum absolute atomic E-state index is 0.0121. The summed E-state index contributed by atoms with van der Waals surface area (Å²) in [6.07, 6.45) is 5.78. The van der Waals surface area contributed by atoms with E-state index >= 15 is 0 Å². The highest BCUT2D eigenvalue weighted by molar-refractivity contribution is 5.84. The van der Waals surface area contributed by atoms with Gasteiger partial charge in [-0.25, -0.2) is 4.98 Å². The van der Waals surface area contributed by atoms with Gasteiger partial charge in [-0.3, -0.25) is 9.36 Å². The van der Waals surface area contributed by atoms with E-state index in [1.165, 1.54) is 19.3 Å². The molecule has 0 aromatic carbocycles. The number of hydrogen-bond donors (Lipinski definition) is 3. The summed E-state index contributed by atoms with van der Waals surface area (Å²) in [5.41, 5.74) is 6.26. The predicted octanol–water partition coefficient (Wildman–Crippen LogP) is 2.25. The van der Waals surface area contributed by atoms with E-state index in [1.54, 1.807) is 17.9 Å². The fourth-order valence-electron chi connectivity index (χ4n) is 4.74. The Balaban J connectivity index is 1.47. The van der Waals surface area contributed by atoms with Crippen molar-refractivity contribution in [3.8, 4) is 0 Å². The molecule has 2 aromatic heterocycles. The Morgan fingerprint density at radius 2 is 2.10 bits per heavy atom. The highest BCUT2D eigenvalue weighted by Crippen LogP contribution is 2.46. The van der Waals surface area contributed by atoms with E-state index in [0.717, 1.165) is 12.8 Å². The Labute approximate surface area is 181 Å². The van der Waals surface area contributed by atoms with Crippen LogP contribution in [0.25, 0.3) is 11.2 Å². The average molecular weight is 433 g/mol. The van der Waals surface area contributed by atoms with Gasteiger partial charge in [-0.1, -0.05) is 33.1 Å². The van der Waals surface area contributed by atoms with Crippen molar-refractivity contribution in [2.24, 2.45) is 11.3 Å². The number of nitrogen functional groups attached to an aromatic ring is 1. The lowest BCUT2D eigenvalue weighted by Gasteiger charge is -2.28. The molecular formula is C21H32N6O4. The SMILES string of the molecule is CNc1nc(N)nc2c1ncn2[C@@H]1O[C@H](COC(=O)CC2CCCCC2)[C@@H](O)C1(C)C. The summed E-state index contributed by atoms with van der Waals surface area (Å²) >= 11 is 0. The molecule has 4 rings (SSSR count). The number of aromatic nitrogens is 4. The number of imidazole rings is 1. The summed E-state index contributed by atoms with van der Waals surface area (Å²) in [4.78, 5) is 25.2. The molecule has 1 saturated carbocycles. The highest BCUT2D eigenvalue weighted by Gasteiger charge is 2.51. The topological polar surface area (TPSA) is 137 Å². The van der Waals surface area contributed by atoms with Crippen LogP contribution in [-0.2, 0) is 14.3 Å². The van der Waals surface area contributed by atoms with E-state index in [9.17, 15) is 9.90 Å². The molecule has 31 heavy (non-hydrogen) atoms. The molecule has 0 radical (unpaired) electrons. The minimum atomic E-state index is -0.833. The molecule has 1 saturated heterocycles. The van der Waals surface area contributed by atoms with Crippen molar-refractivity contribution >= 4 is 28.9 Å². The van der Waals surface area contributed by atoms with Gasteiger partial charge in [0, 0.05) is 18.9 Å². The van der Waals surface area contributed by atoms with Crippen LogP contribution in [0.5, 0.6) is 0 Å². The first-order valence-corrected chi connectivity index (χ1v) is 11.0. The third kappa shape index (κ3) is 4.18. The van der Waals surface area contributed by atoms with Crippen molar-refractivity contribution in [3.63, 3.8) is 0 Å². The molecule has 0 bridgehead atoms. The van der Waals surface area contributed by atoms with Crippen LogP contribution in [0.1, 0.15) is 58.6 Å². The molecule has 0 spiro atoms. The number of hydrogen-bond acceptors (Lipinski definition) is 9. The molecule has 1 aliphatic heterocycles. The van der Waals surface area contributed by atoms with Crippen LogP contribution in [0.3, 0.4) is 0 Å².